The van der Waals surface area contributed by atoms with Crippen molar-refractivity contribution in [1.82, 2.24) is 25.2 Å². The SMILES string of the molecule is COc1ccc(C2CCCN2C(=O)c2cn(C3CCNCC3)nn2)c(OC)c1.Cl. The van der Waals surface area contributed by atoms with Crippen LogP contribution in [-0.4, -0.2) is 59.7 Å². The van der Waals surface area contributed by atoms with Gasteiger partial charge < -0.3 is 19.7 Å². The number of methoxy groups -OCH3 is 2. The molecule has 3 heterocycles. The predicted octanol–water partition coefficient (Wildman–Crippen LogP) is 2.62. The lowest BCUT2D eigenvalue weighted by atomic mass is 10.0. The second-order valence-corrected chi connectivity index (χ2v) is 7.33. The molecule has 1 aromatic heterocycles. The first kappa shape index (κ1) is 21.4. The zero-order valence-electron chi connectivity index (χ0n) is 16.8. The van der Waals surface area contributed by atoms with E-state index in [4.69, 9.17) is 9.47 Å². The molecule has 0 saturated carbocycles. The first-order valence-electron chi connectivity index (χ1n) is 9.86. The third-order valence-electron chi connectivity index (χ3n) is 5.73. The molecule has 158 valence electrons. The van der Waals surface area contributed by atoms with E-state index in [1.165, 1.54) is 0 Å². The van der Waals surface area contributed by atoms with Gasteiger partial charge in [-0.2, -0.15) is 0 Å². The number of nitrogens with one attached hydrogen (secondary N) is 1. The summed E-state index contributed by atoms with van der Waals surface area (Å²) in [6.07, 6.45) is 5.67. The van der Waals surface area contributed by atoms with Crippen LogP contribution in [0.3, 0.4) is 0 Å². The Morgan fingerprint density at radius 2 is 1.97 bits per heavy atom. The molecule has 0 bridgehead atoms. The van der Waals surface area contributed by atoms with Crippen LogP contribution < -0.4 is 14.8 Å². The molecule has 1 unspecified atom stereocenters. The highest BCUT2D eigenvalue weighted by atomic mass is 35.5. The Morgan fingerprint density at radius 1 is 1.17 bits per heavy atom. The van der Waals surface area contributed by atoms with Gasteiger partial charge in [0.1, 0.15) is 11.5 Å². The third-order valence-corrected chi connectivity index (χ3v) is 5.73. The van der Waals surface area contributed by atoms with Gasteiger partial charge in [0.25, 0.3) is 5.91 Å². The zero-order valence-corrected chi connectivity index (χ0v) is 17.7. The van der Waals surface area contributed by atoms with Crippen molar-refractivity contribution in [2.24, 2.45) is 0 Å². The quantitative estimate of drug-likeness (QED) is 0.799. The number of halogens is 1. The number of nitrogens with zero attached hydrogens (tertiary/aromatic N) is 4. The van der Waals surface area contributed by atoms with E-state index < -0.39 is 0 Å². The molecule has 9 heteroatoms. The normalized spacial score (nSPS) is 19.7. The Hall–Kier alpha value is -2.32. The number of likely N-dealkylation sites (tertiary alicyclic amines) is 1. The van der Waals surface area contributed by atoms with Crippen molar-refractivity contribution in [2.75, 3.05) is 33.9 Å². The standard InChI is InChI=1S/C20H27N5O3.ClH/c1-27-15-5-6-16(19(12-15)28-2)18-4-3-11-24(18)20(26)17-13-25(23-22-17)14-7-9-21-10-8-14;/h5-6,12-14,18,21H,3-4,7-11H2,1-2H3;1H. The molecule has 1 aromatic carbocycles. The van der Waals surface area contributed by atoms with Gasteiger partial charge >= 0.3 is 0 Å². The maximum Gasteiger partial charge on any atom is 0.276 e. The Kier molecular flexibility index (Phi) is 6.97. The van der Waals surface area contributed by atoms with Crippen LogP contribution in [0.4, 0.5) is 0 Å². The van der Waals surface area contributed by atoms with Gasteiger partial charge in [0.15, 0.2) is 5.69 Å². The lowest BCUT2D eigenvalue weighted by Gasteiger charge is -2.26. The number of hydrogen-bond acceptors (Lipinski definition) is 6. The minimum absolute atomic E-state index is 0. The van der Waals surface area contributed by atoms with E-state index in [2.05, 4.69) is 15.6 Å². The molecule has 0 aliphatic carbocycles. The highest BCUT2D eigenvalue weighted by Gasteiger charge is 2.34. The summed E-state index contributed by atoms with van der Waals surface area (Å²) in [5.41, 5.74) is 1.41. The van der Waals surface area contributed by atoms with Crippen LogP contribution in [0.2, 0.25) is 0 Å². The summed E-state index contributed by atoms with van der Waals surface area (Å²) in [6, 6.07) is 6.04. The Labute approximate surface area is 177 Å². The maximum absolute atomic E-state index is 13.2. The van der Waals surface area contributed by atoms with E-state index in [0.717, 1.165) is 55.8 Å². The van der Waals surface area contributed by atoms with Gasteiger partial charge in [-0.25, -0.2) is 4.68 Å². The van der Waals surface area contributed by atoms with E-state index in [0.29, 0.717) is 18.3 Å². The molecule has 2 fully saturated rings. The van der Waals surface area contributed by atoms with Crippen molar-refractivity contribution in [3.8, 4) is 11.5 Å². The van der Waals surface area contributed by atoms with Crippen LogP contribution >= 0.6 is 12.4 Å². The molecule has 4 rings (SSSR count). The van der Waals surface area contributed by atoms with Crippen LogP contribution in [0.15, 0.2) is 24.4 Å². The fourth-order valence-corrected chi connectivity index (χ4v) is 4.20. The van der Waals surface area contributed by atoms with Gasteiger partial charge in [-0.3, -0.25) is 4.79 Å². The van der Waals surface area contributed by atoms with Crippen molar-refractivity contribution in [3.05, 3.63) is 35.7 Å². The summed E-state index contributed by atoms with van der Waals surface area (Å²) in [7, 11) is 3.27. The summed E-state index contributed by atoms with van der Waals surface area (Å²) in [6.45, 7) is 2.65. The Bertz CT molecular complexity index is 837. The number of carbonyl (C=O) groups is 1. The Morgan fingerprint density at radius 3 is 2.69 bits per heavy atom. The maximum atomic E-state index is 13.2. The van der Waals surface area contributed by atoms with Crippen LogP contribution in [0.25, 0.3) is 0 Å². The highest BCUT2D eigenvalue weighted by molar-refractivity contribution is 5.92. The lowest BCUT2D eigenvalue weighted by molar-refractivity contribution is 0.0728. The van der Waals surface area contributed by atoms with E-state index >= 15 is 0 Å². The number of ether oxygens (including phenoxy) is 2. The summed E-state index contributed by atoms with van der Waals surface area (Å²) in [5.74, 6) is 1.41. The molecule has 2 aliphatic rings. The van der Waals surface area contributed by atoms with Crippen LogP contribution in [0.1, 0.15) is 53.8 Å². The number of hydrogen-bond donors (Lipinski definition) is 1. The molecule has 2 saturated heterocycles. The average Bonchev–Trinajstić information content (AvgIpc) is 3.43. The van der Waals surface area contributed by atoms with Crippen molar-refractivity contribution in [1.29, 1.82) is 0 Å². The number of amides is 1. The summed E-state index contributed by atoms with van der Waals surface area (Å²) < 4.78 is 12.7. The molecular formula is C20H28ClN5O3. The van der Waals surface area contributed by atoms with Crippen LogP contribution in [0, 0.1) is 0 Å². The number of carbonyl (C=O) groups excluding carboxylic acids is 1. The molecule has 8 nitrogen and oxygen atoms in total. The molecular weight excluding hydrogens is 394 g/mol. The van der Waals surface area contributed by atoms with Crippen LogP contribution in [0.5, 0.6) is 11.5 Å². The van der Waals surface area contributed by atoms with Gasteiger partial charge in [0.2, 0.25) is 0 Å². The summed E-state index contributed by atoms with van der Waals surface area (Å²) >= 11 is 0. The highest BCUT2D eigenvalue weighted by Crippen LogP contribution is 2.39. The van der Waals surface area contributed by atoms with Gasteiger partial charge in [-0.05, 0) is 50.9 Å². The van der Waals surface area contributed by atoms with Gasteiger partial charge in [-0.15, -0.1) is 17.5 Å². The fourth-order valence-electron chi connectivity index (χ4n) is 4.20. The molecule has 0 radical (unpaired) electrons. The monoisotopic (exact) mass is 421 g/mol. The average molecular weight is 422 g/mol. The van der Waals surface area contributed by atoms with Gasteiger partial charge in [0.05, 0.1) is 32.5 Å². The predicted molar refractivity (Wildman–Crippen MR) is 111 cm³/mol. The molecule has 1 atom stereocenters. The van der Waals surface area contributed by atoms with E-state index in [9.17, 15) is 4.79 Å². The van der Waals surface area contributed by atoms with Crippen molar-refractivity contribution in [2.45, 2.75) is 37.8 Å². The second kappa shape index (κ2) is 9.45. The van der Waals surface area contributed by atoms with Crippen molar-refractivity contribution >= 4 is 18.3 Å². The number of piperidine rings is 1. The van der Waals surface area contributed by atoms with E-state index in [-0.39, 0.29) is 24.4 Å². The summed E-state index contributed by atoms with van der Waals surface area (Å²) in [4.78, 5) is 15.1. The van der Waals surface area contributed by atoms with Crippen molar-refractivity contribution in [3.63, 3.8) is 0 Å². The van der Waals surface area contributed by atoms with Crippen LogP contribution in [-0.2, 0) is 0 Å². The topological polar surface area (TPSA) is 81.5 Å². The number of aromatic nitrogens is 3. The molecule has 2 aliphatic heterocycles. The molecule has 1 amide bonds. The zero-order chi connectivity index (χ0) is 19.5. The fraction of sp³-hybridized carbons (Fsp3) is 0.550. The molecule has 29 heavy (non-hydrogen) atoms. The smallest absolute Gasteiger partial charge is 0.276 e. The van der Waals surface area contributed by atoms with Crippen molar-refractivity contribution < 1.29 is 14.3 Å². The minimum Gasteiger partial charge on any atom is -0.497 e. The Balaban J connectivity index is 0.00000240. The first-order valence-corrected chi connectivity index (χ1v) is 9.86. The first-order chi connectivity index (χ1) is 13.7. The number of benzene rings is 1. The second-order valence-electron chi connectivity index (χ2n) is 7.33. The summed E-state index contributed by atoms with van der Waals surface area (Å²) in [5, 5.41) is 11.8. The molecule has 1 N–H and O–H groups in total. The van der Waals surface area contributed by atoms with E-state index in [1.54, 1.807) is 20.4 Å². The molecule has 2 aromatic rings. The minimum atomic E-state index is -0.0689. The third kappa shape index (κ3) is 4.33. The van der Waals surface area contributed by atoms with E-state index in [1.807, 2.05) is 27.8 Å². The molecule has 0 spiro atoms. The lowest BCUT2D eigenvalue weighted by Crippen LogP contribution is -2.31. The van der Waals surface area contributed by atoms with Gasteiger partial charge in [0, 0.05) is 18.2 Å². The largest absolute Gasteiger partial charge is 0.497 e. The van der Waals surface area contributed by atoms with Gasteiger partial charge in [-0.1, -0.05) is 5.21 Å². The number of rotatable bonds is 5.